The van der Waals surface area contributed by atoms with Gasteiger partial charge in [-0.1, -0.05) is 18.9 Å². The first-order valence-corrected chi connectivity index (χ1v) is 14.1. The maximum atomic E-state index is 14.7. The van der Waals surface area contributed by atoms with E-state index in [0.29, 0.717) is 39.6 Å². The highest BCUT2D eigenvalue weighted by Gasteiger charge is 2.79. The number of hydrogen-bond donors (Lipinski definition) is 1. The number of nitrogens with one attached hydrogen (secondary N) is 1. The van der Waals surface area contributed by atoms with E-state index in [2.05, 4.69) is 16.3 Å². The topological polar surface area (TPSA) is 80.3 Å². The van der Waals surface area contributed by atoms with Gasteiger partial charge in [-0.25, -0.2) is 13.6 Å². The highest BCUT2D eigenvalue weighted by molar-refractivity contribution is 6.04. The van der Waals surface area contributed by atoms with E-state index in [1.54, 1.807) is 19.2 Å². The number of urea groups is 1. The van der Waals surface area contributed by atoms with Gasteiger partial charge in [0.2, 0.25) is 18.0 Å². The van der Waals surface area contributed by atoms with Gasteiger partial charge in [0.1, 0.15) is 16.9 Å². The molecule has 12 heteroatoms. The number of carbonyl (C=O) groups is 1. The number of halogens is 4. The Bertz CT molecular complexity index is 1970. The van der Waals surface area contributed by atoms with Crippen molar-refractivity contribution in [3.05, 3.63) is 97.4 Å². The normalized spacial score (nSPS) is 23.8. The number of nitroso groups, excluding NO2 is 1. The van der Waals surface area contributed by atoms with Crippen LogP contribution >= 0.6 is 0 Å². The van der Waals surface area contributed by atoms with Gasteiger partial charge in [0.05, 0.1) is 29.0 Å². The van der Waals surface area contributed by atoms with Crippen molar-refractivity contribution in [3.8, 4) is 0 Å². The fourth-order valence-corrected chi connectivity index (χ4v) is 6.74. The lowest BCUT2D eigenvalue weighted by Gasteiger charge is -2.20. The summed E-state index contributed by atoms with van der Waals surface area (Å²) < 4.78 is 64.6. The first-order valence-electron chi connectivity index (χ1n) is 14.1. The molecule has 2 amide bonds. The number of aryl methyl sites for hydroxylation is 1. The monoisotopic (exact) mass is 591 g/mol. The van der Waals surface area contributed by atoms with Crippen LogP contribution in [0.4, 0.5) is 33.7 Å². The van der Waals surface area contributed by atoms with Crippen LogP contribution in [0.2, 0.25) is 0 Å². The molecule has 8 nitrogen and oxygen atoms in total. The van der Waals surface area contributed by atoms with Crippen molar-refractivity contribution >= 4 is 23.3 Å². The Morgan fingerprint density at radius 2 is 1.91 bits per heavy atom. The second-order valence-electron chi connectivity index (χ2n) is 11.9. The third-order valence-corrected chi connectivity index (χ3v) is 9.06. The SMILES string of the molecule is C[N+]1=C=c2cc(NC(=O)N3C[C@@]4(OC4(F)F)c4cc(F)ccc43)c3c(c2=N1)C[N+](=O)C3c1cc(F)ccc1CCC1CC1. The molecule has 5 aliphatic rings. The predicted molar refractivity (Wildman–Crippen MR) is 145 cm³/mol. The van der Waals surface area contributed by atoms with Crippen molar-refractivity contribution in [2.45, 2.75) is 50.0 Å². The summed E-state index contributed by atoms with van der Waals surface area (Å²) in [4.78, 5) is 28.5. The number of rotatable bonds is 5. The zero-order chi connectivity index (χ0) is 29.8. The van der Waals surface area contributed by atoms with E-state index in [9.17, 15) is 27.3 Å². The number of anilines is 2. The van der Waals surface area contributed by atoms with Crippen molar-refractivity contribution in [1.29, 1.82) is 0 Å². The molecule has 8 rings (SSSR count). The van der Waals surface area contributed by atoms with Crippen molar-refractivity contribution in [2.24, 2.45) is 11.0 Å². The van der Waals surface area contributed by atoms with Crippen LogP contribution in [0, 0.1) is 22.5 Å². The lowest BCUT2D eigenvalue weighted by molar-refractivity contribution is -0.587. The van der Waals surface area contributed by atoms with Crippen LogP contribution in [-0.2, 0) is 23.3 Å². The predicted octanol–water partition coefficient (Wildman–Crippen LogP) is 4.09. The molecule has 218 valence electrons. The Balaban J connectivity index is 1.23. The Morgan fingerprint density at radius 1 is 1.16 bits per heavy atom. The maximum absolute atomic E-state index is 14.7. The standard InChI is InChI=1S/C31H24F4N5O3/c1-38-13-18-10-24(36-29(41)39-15-30(31(34,35)43-30)23-12-20(33)8-9-25(23)39)26-22(27(18)37-38)14-40(42)28(26)21-11-19(32)7-6-17(21)5-4-16-2-3-16/h6-12,16,28H,2-5,14-15H2,1H3/q+1/p+1/t28?,30-/m1/s1. The molecule has 4 heterocycles. The molecule has 1 saturated heterocycles. The van der Waals surface area contributed by atoms with Crippen LogP contribution in [0.3, 0.4) is 0 Å². The summed E-state index contributed by atoms with van der Waals surface area (Å²) in [5.74, 6) is 2.47. The molecular weight excluding hydrogens is 566 g/mol. The number of ether oxygens (including phenoxy) is 1. The summed E-state index contributed by atoms with van der Waals surface area (Å²) in [6.45, 7) is -0.584. The molecule has 1 aliphatic carbocycles. The molecular formula is C31H25F4N5O3+2. The molecule has 3 aromatic carbocycles. The molecule has 1 spiro atoms. The quantitative estimate of drug-likeness (QED) is 0.276. The molecule has 4 aliphatic heterocycles. The number of hydrogen-bond acceptors (Lipinski definition) is 4. The molecule has 2 fully saturated rings. The summed E-state index contributed by atoms with van der Waals surface area (Å²) in [5.41, 5.74) is 0.497. The number of amides is 2. The van der Waals surface area contributed by atoms with Gasteiger partial charge in [-0.2, -0.15) is 8.78 Å². The van der Waals surface area contributed by atoms with Gasteiger partial charge in [-0.15, -0.1) is 0 Å². The molecule has 0 bridgehead atoms. The molecule has 1 unspecified atom stereocenters. The molecule has 43 heavy (non-hydrogen) atoms. The number of fused-ring (bicyclic) bond motifs is 5. The second kappa shape index (κ2) is 8.81. The summed E-state index contributed by atoms with van der Waals surface area (Å²) in [6, 6.07) is 7.70. The minimum absolute atomic E-state index is 0.0569. The van der Waals surface area contributed by atoms with Crippen LogP contribution in [0.1, 0.15) is 53.1 Å². The second-order valence-corrected chi connectivity index (χ2v) is 11.9. The van der Waals surface area contributed by atoms with Gasteiger partial charge in [-0.3, -0.25) is 9.64 Å². The smallest absolute Gasteiger partial charge is 0.307 e. The third kappa shape index (κ3) is 3.96. The van der Waals surface area contributed by atoms with E-state index in [0.717, 1.165) is 46.6 Å². The van der Waals surface area contributed by atoms with E-state index in [4.69, 9.17) is 4.74 Å². The van der Waals surface area contributed by atoms with Crippen LogP contribution in [-0.4, -0.2) is 41.0 Å². The zero-order valence-electron chi connectivity index (χ0n) is 23.0. The van der Waals surface area contributed by atoms with Crippen molar-refractivity contribution < 1.29 is 36.5 Å². The van der Waals surface area contributed by atoms with E-state index in [1.807, 2.05) is 0 Å². The minimum Gasteiger partial charge on any atom is -0.307 e. The number of epoxide rings is 1. The largest absolute Gasteiger partial charge is 0.392 e. The van der Waals surface area contributed by atoms with E-state index < -0.39 is 42.0 Å². The van der Waals surface area contributed by atoms with Crippen LogP contribution < -0.4 is 20.8 Å². The van der Waals surface area contributed by atoms with E-state index >= 15 is 0 Å². The molecule has 0 radical (unpaired) electrons. The highest BCUT2D eigenvalue weighted by Crippen LogP contribution is 2.63. The van der Waals surface area contributed by atoms with Crippen molar-refractivity contribution in [2.75, 3.05) is 23.8 Å². The number of benzene rings is 3. The molecule has 3 aromatic rings. The van der Waals surface area contributed by atoms with Gasteiger partial charge in [0, 0.05) is 25.9 Å². The fraction of sp³-hybridized carbons (Fsp3) is 0.355. The molecule has 1 saturated carbocycles. The summed E-state index contributed by atoms with van der Waals surface area (Å²) in [5, 5.41) is 8.39. The van der Waals surface area contributed by atoms with Gasteiger partial charge in [0.25, 0.3) is 6.04 Å². The van der Waals surface area contributed by atoms with Crippen molar-refractivity contribution in [3.63, 3.8) is 0 Å². The van der Waals surface area contributed by atoms with E-state index in [1.165, 1.54) is 22.9 Å². The average Bonchev–Trinajstić information content (AvgIpc) is 3.72. The summed E-state index contributed by atoms with van der Waals surface area (Å²) in [7, 11) is 1.68. The third-order valence-electron chi connectivity index (χ3n) is 9.06. The molecule has 2 atom stereocenters. The average molecular weight is 592 g/mol. The van der Waals surface area contributed by atoms with Gasteiger partial charge in [-0.05, 0) is 65.4 Å². The van der Waals surface area contributed by atoms with E-state index in [-0.39, 0.29) is 23.5 Å². The minimum atomic E-state index is -3.56. The first kappa shape index (κ1) is 26.2. The van der Waals surface area contributed by atoms with Gasteiger partial charge >= 0.3 is 12.1 Å². The summed E-state index contributed by atoms with van der Waals surface area (Å²) >= 11 is 0. The summed E-state index contributed by atoms with van der Waals surface area (Å²) in [6.07, 6.45) is 0.367. The van der Waals surface area contributed by atoms with Gasteiger partial charge < -0.3 is 5.32 Å². The maximum Gasteiger partial charge on any atom is 0.392 e. The number of carbonyl (C=O) groups excluding carboxylic acids is 1. The van der Waals surface area contributed by atoms with Crippen molar-refractivity contribution in [1.82, 2.24) is 0 Å². The van der Waals surface area contributed by atoms with Crippen LogP contribution in [0.25, 0.3) is 0 Å². The number of nitrogens with zero attached hydrogens (tertiary/aromatic N) is 4. The lowest BCUT2D eigenvalue weighted by Crippen LogP contribution is -2.38. The Morgan fingerprint density at radius 3 is 2.65 bits per heavy atom. The lowest BCUT2D eigenvalue weighted by atomic mass is 9.90. The molecule has 0 aromatic heterocycles. The highest BCUT2D eigenvalue weighted by atomic mass is 19.3. The Hall–Kier alpha value is -4.41. The number of alkyl halides is 2. The Labute approximate surface area is 242 Å². The first-order chi connectivity index (χ1) is 20.5. The van der Waals surface area contributed by atoms with Crippen LogP contribution in [0.15, 0.2) is 47.6 Å². The molecule has 1 N–H and O–H groups in total. The fourth-order valence-electron chi connectivity index (χ4n) is 6.74. The van der Waals surface area contributed by atoms with Crippen LogP contribution in [0.5, 0.6) is 0 Å². The zero-order valence-corrected chi connectivity index (χ0v) is 23.0. The Kier molecular flexibility index (Phi) is 5.37. The van der Waals surface area contributed by atoms with Gasteiger partial charge in [0.15, 0.2) is 12.4 Å².